The summed E-state index contributed by atoms with van der Waals surface area (Å²) < 4.78 is 4.24. The van der Waals surface area contributed by atoms with Gasteiger partial charge in [-0.25, -0.2) is 9.78 Å². The zero-order chi connectivity index (χ0) is 7.40. The lowest BCUT2D eigenvalue weighted by atomic mass is 10.4. The first-order valence-electron chi connectivity index (χ1n) is 2.63. The second-order valence-electron chi connectivity index (χ2n) is 1.60. The first kappa shape index (κ1) is 6.95. The van der Waals surface area contributed by atoms with Gasteiger partial charge in [-0.05, 0) is 12.1 Å². The minimum atomic E-state index is -0.489. The van der Waals surface area contributed by atoms with Crippen LogP contribution in [0.2, 0.25) is 0 Å². The molecule has 0 aliphatic heterocycles. The Morgan fingerprint density at radius 2 is 2.40 bits per heavy atom. The van der Waals surface area contributed by atoms with Crippen LogP contribution in [-0.4, -0.2) is 21.4 Å². The van der Waals surface area contributed by atoms with Gasteiger partial charge < -0.3 is 4.43 Å². The van der Waals surface area contributed by atoms with E-state index in [1.54, 1.807) is 18.2 Å². The summed E-state index contributed by atoms with van der Waals surface area (Å²) in [6.45, 7) is 0. The highest BCUT2D eigenvalue weighted by Gasteiger charge is 2.02. The quantitative estimate of drug-likeness (QED) is 0.541. The number of hydrogen-bond donors (Lipinski definition) is 0. The van der Waals surface area contributed by atoms with Crippen LogP contribution < -0.4 is 0 Å². The molecule has 4 heteroatoms. The molecule has 3 nitrogen and oxygen atoms in total. The Labute approximate surface area is 61.6 Å². The highest BCUT2D eigenvalue weighted by molar-refractivity contribution is 6.08. The average molecular weight is 150 g/mol. The zero-order valence-corrected chi connectivity index (χ0v) is 6.07. The molecule has 0 unspecified atom stereocenters. The first-order chi connectivity index (χ1) is 4.84. The van der Waals surface area contributed by atoms with Crippen molar-refractivity contribution in [2.45, 2.75) is 0 Å². The Morgan fingerprint density at radius 1 is 1.60 bits per heavy atom. The third kappa shape index (κ3) is 1.41. The van der Waals surface area contributed by atoms with Crippen LogP contribution in [0.1, 0.15) is 10.5 Å². The number of rotatable bonds is 1. The highest BCUT2D eigenvalue weighted by Crippen LogP contribution is 1.93. The summed E-state index contributed by atoms with van der Waals surface area (Å²) in [5.74, 6) is -0.489. The van der Waals surface area contributed by atoms with Gasteiger partial charge in [-0.1, -0.05) is 6.07 Å². The number of aromatic nitrogens is 1. The largest absolute Gasteiger partial charge is 0.511 e. The van der Waals surface area contributed by atoms with E-state index >= 15 is 0 Å². The summed E-state index contributed by atoms with van der Waals surface area (Å²) in [6.07, 6.45) is 1.53. The maximum absolute atomic E-state index is 10.7. The van der Waals surface area contributed by atoms with Gasteiger partial charge in [0.2, 0.25) is 0 Å². The van der Waals surface area contributed by atoms with Gasteiger partial charge in [0.1, 0.15) is 5.69 Å². The van der Waals surface area contributed by atoms with Crippen molar-refractivity contribution in [3.8, 4) is 0 Å². The SMILES string of the molecule is O=C(O[Si])c1ccccn1. The topological polar surface area (TPSA) is 39.2 Å². The van der Waals surface area contributed by atoms with E-state index in [0.29, 0.717) is 0 Å². The van der Waals surface area contributed by atoms with Crippen molar-refractivity contribution in [2.24, 2.45) is 0 Å². The predicted octanol–water partition coefficient (Wildman–Crippen LogP) is 0.322. The van der Waals surface area contributed by atoms with Gasteiger partial charge in [-0.3, -0.25) is 0 Å². The van der Waals surface area contributed by atoms with Crippen molar-refractivity contribution in [3.05, 3.63) is 30.1 Å². The van der Waals surface area contributed by atoms with Gasteiger partial charge in [-0.2, -0.15) is 0 Å². The molecule has 0 aliphatic rings. The van der Waals surface area contributed by atoms with Crippen molar-refractivity contribution >= 4 is 16.5 Å². The minimum absolute atomic E-state index is 0.289. The van der Waals surface area contributed by atoms with Crippen molar-refractivity contribution in [3.63, 3.8) is 0 Å². The Hall–Kier alpha value is -1.16. The normalized spacial score (nSPS) is 8.90. The molecule has 1 aromatic heterocycles. The molecule has 0 fully saturated rings. The molecule has 10 heavy (non-hydrogen) atoms. The van der Waals surface area contributed by atoms with E-state index in [1.807, 2.05) is 0 Å². The maximum Gasteiger partial charge on any atom is 0.345 e. The van der Waals surface area contributed by atoms with Crippen molar-refractivity contribution in [2.75, 3.05) is 0 Å². The molecule has 49 valence electrons. The molecule has 1 rings (SSSR count). The Morgan fingerprint density at radius 3 is 2.90 bits per heavy atom. The standard InChI is InChI=1S/C6H4NO2Si/c8-6(9-10)5-3-1-2-4-7-5/h1-4H. The summed E-state index contributed by atoms with van der Waals surface area (Å²) in [4.78, 5) is 14.4. The summed E-state index contributed by atoms with van der Waals surface area (Å²) >= 11 is 0. The highest BCUT2D eigenvalue weighted by atomic mass is 28.2. The summed E-state index contributed by atoms with van der Waals surface area (Å²) in [5, 5.41) is 0. The lowest BCUT2D eigenvalue weighted by molar-refractivity contribution is 0.0743. The lowest BCUT2D eigenvalue weighted by Gasteiger charge is -1.94. The van der Waals surface area contributed by atoms with Crippen LogP contribution in [0.25, 0.3) is 0 Å². The maximum atomic E-state index is 10.7. The number of carbonyl (C=O) groups is 1. The van der Waals surface area contributed by atoms with Crippen molar-refractivity contribution in [1.29, 1.82) is 0 Å². The van der Waals surface area contributed by atoms with Gasteiger partial charge in [0.05, 0.1) is 0 Å². The molecule has 0 saturated carbocycles. The van der Waals surface area contributed by atoms with E-state index < -0.39 is 5.97 Å². The Balaban J connectivity index is 2.85. The second-order valence-corrected chi connectivity index (χ2v) is 1.81. The molecule has 0 spiro atoms. The molecule has 0 aliphatic carbocycles. The molecular weight excluding hydrogens is 146 g/mol. The fraction of sp³-hybridized carbons (Fsp3) is 0. The van der Waals surface area contributed by atoms with E-state index in [-0.39, 0.29) is 5.69 Å². The number of carbonyl (C=O) groups excluding carboxylic acids is 1. The van der Waals surface area contributed by atoms with Crippen molar-refractivity contribution < 1.29 is 9.22 Å². The van der Waals surface area contributed by atoms with Gasteiger partial charge >= 0.3 is 16.5 Å². The Bertz CT molecular complexity index is 224. The second kappa shape index (κ2) is 3.12. The molecule has 1 aromatic rings. The smallest absolute Gasteiger partial charge is 0.345 e. The molecule has 3 radical (unpaired) electrons. The van der Waals surface area contributed by atoms with E-state index in [0.717, 1.165) is 0 Å². The third-order valence-electron chi connectivity index (χ3n) is 0.967. The van der Waals surface area contributed by atoms with Gasteiger partial charge in [0, 0.05) is 6.20 Å². The predicted molar refractivity (Wildman–Crippen MR) is 35.4 cm³/mol. The summed E-state index contributed by atoms with van der Waals surface area (Å²) in [5.41, 5.74) is 0.289. The molecular formula is C6H4NO2Si. The molecule has 0 atom stereocenters. The first-order valence-corrected chi connectivity index (χ1v) is 3.04. The van der Waals surface area contributed by atoms with Crippen LogP contribution in [-0.2, 0) is 4.43 Å². The molecule has 0 bridgehead atoms. The van der Waals surface area contributed by atoms with Crippen LogP contribution in [0.4, 0.5) is 0 Å². The fourth-order valence-corrected chi connectivity index (χ4v) is 0.640. The van der Waals surface area contributed by atoms with Gasteiger partial charge in [-0.15, -0.1) is 0 Å². The van der Waals surface area contributed by atoms with Crippen LogP contribution >= 0.6 is 0 Å². The van der Waals surface area contributed by atoms with Gasteiger partial charge in [0.15, 0.2) is 0 Å². The minimum Gasteiger partial charge on any atom is -0.511 e. The molecule has 0 aromatic carbocycles. The molecule has 0 N–H and O–H groups in total. The number of pyridine rings is 1. The van der Waals surface area contributed by atoms with E-state index in [9.17, 15) is 4.79 Å². The summed E-state index contributed by atoms with van der Waals surface area (Å²) in [7, 11) is 2.61. The van der Waals surface area contributed by atoms with E-state index in [2.05, 4.69) is 19.9 Å². The monoisotopic (exact) mass is 150 g/mol. The fourth-order valence-electron chi connectivity index (χ4n) is 0.536. The zero-order valence-electron chi connectivity index (χ0n) is 5.07. The molecule has 0 amide bonds. The van der Waals surface area contributed by atoms with Gasteiger partial charge in [0.25, 0.3) is 0 Å². The number of nitrogens with zero attached hydrogens (tertiary/aromatic N) is 1. The third-order valence-corrected chi connectivity index (χ3v) is 1.15. The average Bonchev–Trinajstić information content (AvgIpc) is 2.05. The van der Waals surface area contributed by atoms with Crippen LogP contribution in [0, 0.1) is 0 Å². The van der Waals surface area contributed by atoms with Crippen LogP contribution in [0.5, 0.6) is 0 Å². The molecule has 0 saturated heterocycles. The van der Waals surface area contributed by atoms with E-state index in [1.165, 1.54) is 6.20 Å². The van der Waals surface area contributed by atoms with Crippen LogP contribution in [0.15, 0.2) is 24.4 Å². The lowest BCUT2D eigenvalue weighted by Crippen LogP contribution is -2.03. The van der Waals surface area contributed by atoms with E-state index in [4.69, 9.17) is 0 Å². The number of hydrogen-bond acceptors (Lipinski definition) is 3. The Kier molecular flexibility index (Phi) is 2.17. The summed E-state index contributed by atoms with van der Waals surface area (Å²) in [6, 6.07) is 5.01. The van der Waals surface area contributed by atoms with Crippen LogP contribution in [0.3, 0.4) is 0 Å². The molecule has 1 heterocycles. The van der Waals surface area contributed by atoms with Crippen molar-refractivity contribution in [1.82, 2.24) is 4.98 Å².